The lowest BCUT2D eigenvalue weighted by Crippen LogP contribution is -2.40. The van der Waals surface area contributed by atoms with Gasteiger partial charge in [-0.15, -0.1) is 0 Å². The highest BCUT2D eigenvalue weighted by Gasteiger charge is 2.16. The van der Waals surface area contributed by atoms with E-state index >= 15 is 0 Å². The van der Waals surface area contributed by atoms with Gasteiger partial charge in [0, 0.05) is 49.5 Å². The van der Waals surface area contributed by atoms with Crippen molar-refractivity contribution in [3.63, 3.8) is 0 Å². The fourth-order valence-corrected chi connectivity index (χ4v) is 4.09. The van der Waals surface area contributed by atoms with Gasteiger partial charge >= 0.3 is 0 Å². The molecule has 0 saturated heterocycles. The summed E-state index contributed by atoms with van der Waals surface area (Å²) in [4.78, 5) is 72.7. The SMILES string of the molecule is O=C(/C=C/c1ccco1)N/C(=C\c1cccc([N+](=O)[O-])c1)C(=O)NCCNC(=O)/C(=C/c1cccc([N+](=O)[O-])c1)NC(=O)/C=C/c1ccco1. The quantitative estimate of drug-likeness (QED) is 0.0611. The van der Waals surface area contributed by atoms with Gasteiger partial charge < -0.3 is 30.1 Å². The van der Waals surface area contributed by atoms with E-state index in [2.05, 4.69) is 21.3 Å². The Bertz CT molecular complexity index is 1850. The molecule has 2 aromatic carbocycles. The van der Waals surface area contributed by atoms with E-state index < -0.39 is 33.5 Å². The van der Waals surface area contributed by atoms with Crippen molar-refractivity contribution in [1.29, 1.82) is 0 Å². The first kappa shape index (κ1) is 35.5. The van der Waals surface area contributed by atoms with E-state index in [-0.39, 0.29) is 47.0 Å². The molecule has 0 aliphatic carbocycles. The van der Waals surface area contributed by atoms with Gasteiger partial charge in [0.25, 0.3) is 23.2 Å². The highest BCUT2D eigenvalue weighted by Crippen LogP contribution is 2.17. The van der Waals surface area contributed by atoms with Crippen molar-refractivity contribution >= 4 is 59.3 Å². The Morgan fingerprint density at radius 2 is 1.04 bits per heavy atom. The first-order valence-corrected chi connectivity index (χ1v) is 14.6. The summed E-state index contributed by atoms with van der Waals surface area (Å²) in [7, 11) is 0. The zero-order valence-electron chi connectivity index (χ0n) is 25.9. The first-order chi connectivity index (χ1) is 24.1. The standard InChI is InChI=1S/C34H28N6O10/c41-31(13-11-27-9-3-17-49-27)37-29(21-23-5-1-7-25(19-23)39(45)46)33(43)35-15-16-36-34(44)30(22-24-6-2-8-26(20-24)40(47)48)38-32(42)14-12-28-10-4-18-50-28/h1-14,17-22H,15-16H2,(H,35,43)(H,36,44)(H,37,41)(H,38,42)/b13-11+,14-12+,29-21-,30-22-. The van der Waals surface area contributed by atoms with Crippen LogP contribution in [0.5, 0.6) is 0 Å². The maximum atomic E-state index is 13.1. The number of rotatable bonds is 15. The molecule has 0 bridgehead atoms. The number of nitro groups is 2. The Kier molecular flexibility index (Phi) is 12.4. The van der Waals surface area contributed by atoms with Crippen LogP contribution in [0.4, 0.5) is 11.4 Å². The third-order valence-electron chi connectivity index (χ3n) is 6.37. The molecule has 0 unspecified atom stereocenters. The number of benzene rings is 2. The van der Waals surface area contributed by atoms with Crippen LogP contribution in [0.3, 0.4) is 0 Å². The van der Waals surface area contributed by atoms with E-state index in [4.69, 9.17) is 8.83 Å². The van der Waals surface area contributed by atoms with Crippen molar-refractivity contribution in [3.8, 4) is 0 Å². The number of nitro benzene ring substituents is 2. The summed E-state index contributed by atoms with van der Waals surface area (Å²) in [6.45, 7) is -0.323. The van der Waals surface area contributed by atoms with E-state index in [1.165, 1.54) is 85.4 Å². The number of non-ortho nitro benzene ring substituents is 2. The zero-order valence-corrected chi connectivity index (χ0v) is 25.9. The van der Waals surface area contributed by atoms with Crippen molar-refractivity contribution in [2.75, 3.05) is 13.1 Å². The fourth-order valence-electron chi connectivity index (χ4n) is 4.09. The van der Waals surface area contributed by atoms with Gasteiger partial charge in [-0.25, -0.2) is 0 Å². The van der Waals surface area contributed by atoms with Crippen LogP contribution in [-0.2, 0) is 19.2 Å². The highest BCUT2D eigenvalue weighted by molar-refractivity contribution is 6.05. The Balaban J connectivity index is 1.45. The van der Waals surface area contributed by atoms with Gasteiger partial charge in [-0.1, -0.05) is 24.3 Å². The summed E-state index contributed by atoms with van der Waals surface area (Å²) in [5.41, 5.74) is -0.479. The average Bonchev–Trinajstić information content (AvgIpc) is 3.83. The van der Waals surface area contributed by atoms with Crippen molar-refractivity contribution in [1.82, 2.24) is 21.3 Å². The molecule has 0 aliphatic heterocycles. The normalized spacial score (nSPS) is 11.7. The summed E-state index contributed by atoms with van der Waals surface area (Å²) in [6, 6.07) is 17.3. The smallest absolute Gasteiger partial charge is 0.270 e. The molecule has 0 fully saturated rings. The molecule has 0 aliphatic rings. The second-order valence-electron chi connectivity index (χ2n) is 10.0. The molecular weight excluding hydrogens is 652 g/mol. The van der Waals surface area contributed by atoms with Crippen LogP contribution in [0, 0.1) is 20.2 Å². The molecule has 4 rings (SSSR count). The highest BCUT2D eigenvalue weighted by atomic mass is 16.6. The molecule has 4 N–H and O–H groups in total. The lowest BCUT2D eigenvalue weighted by molar-refractivity contribution is -0.385. The number of nitrogens with one attached hydrogen (secondary N) is 4. The number of hydrogen-bond donors (Lipinski definition) is 4. The number of furan rings is 2. The molecule has 0 atom stereocenters. The minimum absolute atomic E-state index is 0.161. The molecule has 4 amide bonds. The van der Waals surface area contributed by atoms with E-state index in [1.54, 1.807) is 24.3 Å². The van der Waals surface area contributed by atoms with Crippen molar-refractivity contribution in [2.45, 2.75) is 0 Å². The number of amides is 4. The summed E-state index contributed by atoms with van der Waals surface area (Å²) in [5, 5.41) is 32.4. The third-order valence-corrected chi connectivity index (χ3v) is 6.37. The van der Waals surface area contributed by atoms with Crippen molar-refractivity contribution in [2.24, 2.45) is 0 Å². The van der Waals surface area contributed by atoms with Gasteiger partial charge in [0.2, 0.25) is 11.8 Å². The molecule has 2 heterocycles. The summed E-state index contributed by atoms with van der Waals surface area (Å²) in [6.07, 6.45) is 10.3. The largest absolute Gasteiger partial charge is 0.465 e. The summed E-state index contributed by atoms with van der Waals surface area (Å²) in [5.74, 6) is -2.20. The maximum absolute atomic E-state index is 13.1. The Hall–Kier alpha value is -7.36. The molecule has 16 nitrogen and oxygen atoms in total. The second kappa shape index (κ2) is 17.5. The molecule has 0 saturated carbocycles. The van der Waals surface area contributed by atoms with Crippen LogP contribution in [0.2, 0.25) is 0 Å². The fraction of sp³-hybridized carbons (Fsp3) is 0.0588. The lowest BCUT2D eigenvalue weighted by atomic mass is 10.1. The second-order valence-corrected chi connectivity index (χ2v) is 10.0. The molecule has 16 heteroatoms. The summed E-state index contributed by atoms with van der Waals surface area (Å²) < 4.78 is 10.3. The van der Waals surface area contributed by atoms with Crippen molar-refractivity contribution in [3.05, 3.63) is 152 Å². The molecule has 2 aromatic heterocycles. The predicted molar refractivity (Wildman–Crippen MR) is 180 cm³/mol. The van der Waals surface area contributed by atoms with Gasteiger partial charge in [-0.05, 0) is 59.7 Å². The van der Waals surface area contributed by atoms with E-state index in [1.807, 2.05) is 0 Å². The van der Waals surface area contributed by atoms with Crippen LogP contribution < -0.4 is 21.3 Å². The molecule has 4 aromatic rings. The van der Waals surface area contributed by atoms with Crippen LogP contribution >= 0.6 is 0 Å². The number of carbonyl (C=O) groups excluding carboxylic acids is 4. The molecule has 50 heavy (non-hydrogen) atoms. The third kappa shape index (κ3) is 11.2. The minimum Gasteiger partial charge on any atom is -0.465 e. The Morgan fingerprint density at radius 1 is 0.620 bits per heavy atom. The summed E-state index contributed by atoms with van der Waals surface area (Å²) >= 11 is 0. The number of carbonyl (C=O) groups is 4. The molecule has 254 valence electrons. The van der Waals surface area contributed by atoms with E-state index in [0.717, 1.165) is 12.2 Å². The van der Waals surface area contributed by atoms with E-state index in [0.29, 0.717) is 11.5 Å². The van der Waals surface area contributed by atoms with Crippen LogP contribution in [0.1, 0.15) is 22.6 Å². The zero-order chi connectivity index (χ0) is 35.9. The number of hydrogen-bond acceptors (Lipinski definition) is 10. The van der Waals surface area contributed by atoms with Crippen LogP contribution in [0.25, 0.3) is 24.3 Å². The number of nitrogens with zero attached hydrogens (tertiary/aromatic N) is 2. The monoisotopic (exact) mass is 680 g/mol. The predicted octanol–water partition coefficient (Wildman–Crippen LogP) is 3.96. The van der Waals surface area contributed by atoms with Gasteiger partial charge in [0.1, 0.15) is 22.9 Å². The minimum atomic E-state index is -0.783. The van der Waals surface area contributed by atoms with Crippen molar-refractivity contribution < 1.29 is 37.9 Å². The van der Waals surface area contributed by atoms with Crippen LogP contribution in [-0.4, -0.2) is 46.6 Å². The van der Waals surface area contributed by atoms with E-state index in [9.17, 15) is 39.4 Å². The topological polar surface area (TPSA) is 229 Å². The first-order valence-electron chi connectivity index (χ1n) is 14.6. The van der Waals surface area contributed by atoms with Gasteiger partial charge in [-0.2, -0.15) is 0 Å². The van der Waals surface area contributed by atoms with Gasteiger partial charge in [-0.3, -0.25) is 39.4 Å². The van der Waals surface area contributed by atoms with Gasteiger partial charge in [0.05, 0.1) is 22.4 Å². The Morgan fingerprint density at radius 3 is 1.40 bits per heavy atom. The molecule has 0 radical (unpaired) electrons. The van der Waals surface area contributed by atoms with Crippen LogP contribution in [0.15, 0.2) is 118 Å². The molecule has 0 spiro atoms. The lowest BCUT2D eigenvalue weighted by Gasteiger charge is -2.12. The Labute approximate surface area is 283 Å². The average molecular weight is 681 g/mol. The molecular formula is C34H28N6O10. The maximum Gasteiger partial charge on any atom is 0.270 e. The van der Waals surface area contributed by atoms with Gasteiger partial charge in [0.15, 0.2) is 0 Å².